The van der Waals surface area contributed by atoms with Crippen molar-refractivity contribution in [3.8, 4) is 0 Å². The largest absolute Gasteiger partial charge is 0.355 e. The molecule has 5 heteroatoms. The van der Waals surface area contributed by atoms with Gasteiger partial charge in [-0.3, -0.25) is 4.79 Å². The molecule has 1 aromatic carbocycles. The fourth-order valence-corrected chi connectivity index (χ4v) is 3.74. The number of hydrogen-bond donors (Lipinski definition) is 3. The minimum absolute atomic E-state index is 0.104. The molecule has 0 radical (unpaired) electrons. The van der Waals surface area contributed by atoms with E-state index in [1.54, 1.807) is 0 Å². The topological polar surface area (TPSA) is 56.4 Å². The third-order valence-electron chi connectivity index (χ3n) is 5.28. The standard InChI is InChI=1S/C19H30N4O/c1-15-8-5-6-12-23(15)13-7-11-20-19(24)18-14-17(21-22-18)16-9-3-2-4-10-16/h2-4,9-10,15,17-18,21-22H,5-8,11-14H2,1H3,(H,20,24). The molecule has 3 atom stereocenters. The number of hydrogen-bond acceptors (Lipinski definition) is 4. The second kappa shape index (κ2) is 8.60. The van der Waals surface area contributed by atoms with Gasteiger partial charge in [0.25, 0.3) is 0 Å². The summed E-state index contributed by atoms with van der Waals surface area (Å²) in [6.45, 7) is 5.37. The Morgan fingerprint density at radius 1 is 1.25 bits per heavy atom. The van der Waals surface area contributed by atoms with E-state index in [4.69, 9.17) is 0 Å². The Hall–Kier alpha value is -1.43. The second-order valence-electron chi connectivity index (χ2n) is 7.07. The number of rotatable bonds is 6. The summed E-state index contributed by atoms with van der Waals surface area (Å²) in [7, 11) is 0. The molecule has 0 saturated carbocycles. The Morgan fingerprint density at radius 2 is 2.08 bits per heavy atom. The van der Waals surface area contributed by atoms with Gasteiger partial charge in [0.2, 0.25) is 5.91 Å². The third kappa shape index (κ3) is 4.56. The molecule has 0 aliphatic carbocycles. The summed E-state index contributed by atoms with van der Waals surface area (Å²) in [4.78, 5) is 14.9. The monoisotopic (exact) mass is 330 g/mol. The number of likely N-dealkylation sites (tertiary alicyclic amines) is 1. The van der Waals surface area contributed by atoms with E-state index >= 15 is 0 Å². The van der Waals surface area contributed by atoms with Crippen molar-refractivity contribution < 1.29 is 4.79 Å². The lowest BCUT2D eigenvalue weighted by Gasteiger charge is -2.33. The van der Waals surface area contributed by atoms with Crippen molar-refractivity contribution in [1.82, 2.24) is 21.1 Å². The molecular formula is C19H30N4O. The minimum Gasteiger partial charge on any atom is -0.355 e. The van der Waals surface area contributed by atoms with Gasteiger partial charge < -0.3 is 10.2 Å². The van der Waals surface area contributed by atoms with E-state index in [1.807, 2.05) is 18.2 Å². The normalized spacial score (nSPS) is 28.0. The maximum Gasteiger partial charge on any atom is 0.238 e. The predicted octanol–water partition coefficient (Wildman–Crippen LogP) is 1.97. The third-order valence-corrected chi connectivity index (χ3v) is 5.28. The van der Waals surface area contributed by atoms with Crippen LogP contribution < -0.4 is 16.2 Å². The smallest absolute Gasteiger partial charge is 0.238 e. The first kappa shape index (κ1) is 17.4. The Morgan fingerprint density at radius 3 is 2.88 bits per heavy atom. The highest BCUT2D eigenvalue weighted by Crippen LogP contribution is 2.21. The highest BCUT2D eigenvalue weighted by Gasteiger charge is 2.29. The molecule has 1 aromatic rings. The molecule has 2 heterocycles. The van der Waals surface area contributed by atoms with Gasteiger partial charge in [0, 0.05) is 25.2 Å². The number of amides is 1. The Bertz CT molecular complexity index is 521. The fourth-order valence-electron chi connectivity index (χ4n) is 3.74. The molecule has 0 aromatic heterocycles. The van der Waals surface area contributed by atoms with Crippen molar-refractivity contribution in [2.45, 2.75) is 57.2 Å². The summed E-state index contributed by atoms with van der Waals surface area (Å²) in [6, 6.07) is 11.0. The minimum atomic E-state index is -0.149. The van der Waals surface area contributed by atoms with Crippen LogP contribution in [0.2, 0.25) is 0 Å². The summed E-state index contributed by atoms with van der Waals surface area (Å²) in [5, 5.41) is 3.08. The number of piperidine rings is 1. The molecule has 132 valence electrons. The summed E-state index contributed by atoms with van der Waals surface area (Å²) in [5.41, 5.74) is 7.58. The zero-order chi connectivity index (χ0) is 16.8. The van der Waals surface area contributed by atoms with E-state index < -0.39 is 0 Å². The molecular weight excluding hydrogens is 300 g/mol. The van der Waals surface area contributed by atoms with Crippen LogP contribution in [0.3, 0.4) is 0 Å². The maximum absolute atomic E-state index is 12.3. The van der Waals surface area contributed by atoms with Crippen LogP contribution in [0.1, 0.15) is 50.6 Å². The molecule has 0 spiro atoms. The number of nitrogens with one attached hydrogen (secondary N) is 3. The van der Waals surface area contributed by atoms with Gasteiger partial charge in [-0.2, -0.15) is 0 Å². The lowest BCUT2D eigenvalue weighted by molar-refractivity contribution is -0.122. The first-order chi connectivity index (χ1) is 11.7. The van der Waals surface area contributed by atoms with E-state index in [0.717, 1.165) is 25.9 Å². The number of benzene rings is 1. The molecule has 3 rings (SSSR count). The lowest BCUT2D eigenvalue weighted by Crippen LogP contribution is -2.44. The summed E-state index contributed by atoms with van der Waals surface area (Å²) in [6.07, 6.45) is 5.80. The van der Waals surface area contributed by atoms with E-state index in [-0.39, 0.29) is 18.0 Å². The Kier molecular flexibility index (Phi) is 6.24. The summed E-state index contributed by atoms with van der Waals surface area (Å²) in [5.74, 6) is 0.104. The molecule has 1 amide bonds. The highest BCUT2D eigenvalue weighted by molar-refractivity contribution is 5.82. The summed E-state index contributed by atoms with van der Waals surface area (Å²) < 4.78 is 0. The van der Waals surface area contributed by atoms with Gasteiger partial charge in [0.1, 0.15) is 6.04 Å². The average Bonchev–Trinajstić information content (AvgIpc) is 3.11. The quantitative estimate of drug-likeness (QED) is 0.698. The SMILES string of the molecule is CC1CCCCN1CCCNC(=O)C1CC(c2ccccc2)NN1. The molecule has 2 aliphatic heterocycles. The van der Waals surface area contributed by atoms with E-state index in [2.05, 4.69) is 40.1 Å². The van der Waals surface area contributed by atoms with Crippen LogP contribution in [-0.2, 0) is 4.79 Å². The van der Waals surface area contributed by atoms with Crippen molar-refractivity contribution in [1.29, 1.82) is 0 Å². The van der Waals surface area contributed by atoms with Crippen LogP contribution >= 0.6 is 0 Å². The van der Waals surface area contributed by atoms with E-state index in [1.165, 1.54) is 31.4 Å². The lowest BCUT2D eigenvalue weighted by atomic mass is 10.0. The molecule has 3 unspecified atom stereocenters. The molecule has 2 saturated heterocycles. The Balaban J connectivity index is 1.35. The fraction of sp³-hybridized carbons (Fsp3) is 0.632. The number of carbonyl (C=O) groups is 1. The number of hydrazine groups is 1. The number of carbonyl (C=O) groups excluding carboxylic acids is 1. The van der Waals surface area contributed by atoms with Gasteiger partial charge >= 0.3 is 0 Å². The van der Waals surface area contributed by atoms with Crippen molar-refractivity contribution in [2.24, 2.45) is 0 Å². The maximum atomic E-state index is 12.3. The zero-order valence-electron chi connectivity index (χ0n) is 14.6. The first-order valence-electron chi connectivity index (χ1n) is 9.32. The summed E-state index contributed by atoms with van der Waals surface area (Å²) >= 11 is 0. The molecule has 2 aliphatic rings. The van der Waals surface area contributed by atoms with Crippen LogP contribution in [0.5, 0.6) is 0 Å². The molecule has 0 bridgehead atoms. The van der Waals surface area contributed by atoms with Crippen LogP contribution in [0.15, 0.2) is 30.3 Å². The first-order valence-corrected chi connectivity index (χ1v) is 9.32. The van der Waals surface area contributed by atoms with Gasteiger partial charge in [0.15, 0.2) is 0 Å². The van der Waals surface area contributed by atoms with Gasteiger partial charge in [-0.25, -0.2) is 10.9 Å². The average molecular weight is 330 g/mol. The molecule has 2 fully saturated rings. The van der Waals surface area contributed by atoms with Crippen molar-refractivity contribution in [2.75, 3.05) is 19.6 Å². The molecule has 3 N–H and O–H groups in total. The Labute approximate surface area is 145 Å². The van der Waals surface area contributed by atoms with Crippen molar-refractivity contribution in [3.05, 3.63) is 35.9 Å². The van der Waals surface area contributed by atoms with Crippen LogP contribution in [-0.4, -0.2) is 42.5 Å². The van der Waals surface area contributed by atoms with Gasteiger partial charge in [0.05, 0.1) is 0 Å². The molecule has 5 nitrogen and oxygen atoms in total. The van der Waals surface area contributed by atoms with Crippen LogP contribution in [0.25, 0.3) is 0 Å². The van der Waals surface area contributed by atoms with Crippen LogP contribution in [0, 0.1) is 0 Å². The van der Waals surface area contributed by atoms with Crippen LogP contribution in [0.4, 0.5) is 0 Å². The van der Waals surface area contributed by atoms with Crippen molar-refractivity contribution in [3.63, 3.8) is 0 Å². The van der Waals surface area contributed by atoms with E-state index in [9.17, 15) is 4.79 Å². The van der Waals surface area contributed by atoms with E-state index in [0.29, 0.717) is 6.04 Å². The number of nitrogens with zero attached hydrogens (tertiary/aromatic N) is 1. The predicted molar refractivity (Wildman–Crippen MR) is 96.4 cm³/mol. The second-order valence-corrected chi connectivity index (χ2v) is 7.07. The van der Waals surface area contributed by atoms with Gasteiger partial charge in [-0.15, -0.1) is 0 Å². The van der Waals surface area contributed by atoms with Crippen molar-refractivity contribution >= 4 is 5.91 Å². The zero-order valence-corrected chi connectivity index (χ0v) is 14.6. The van der Waals surface area contributed by atoms with Gasteiger partial charge in [-0.1, -0.05) is 36.8 Å². The molecule has 24 heavy (non-hydrogen) atoms. The highest BCUT2D eigenvalue weighted by atomic mass is 16.2. The van der Waals surface area contributed by atoms with Gasteiger partial charge in [-0.05, 0) is 44.7 Å².